The van der Waals surface area contributed by atoms with Crippen molar-refractivity contribution in [2.45, 2.75) is 262 Å². The summed E-state index contributed by atoms with van der Waals surface area (Å²) in [5.41, 5.74) is 33.4. The maximum Gasteiger partial charge on any atom is 0.252 e. The molecule has 0 radical (unpaired) electrons. The summed E-state index contributed by atoms with van der Waals surface area (Å²) in [5, 5.41) is 5.38. The van der Waals surface area contributed by atoms with Gasteiger partial charge in [-0.05, 0) is 197 Å². The number of fused-ring (bicyclic) bond motifs is 10. The van der Waals surface area contributed by atoms with Crippen LogP contribution in [0.1, 0.15) is 263 Å². The zero-order chi connectivity index (χ0) is 70.9. The first-order valence-corrected chi connectivity index (χ1v) is 36.4. The lowest BCUT2D eigenvalue weighted by atomic mass is 9.34. The number of pyridine rings is 1. The number of rotatable bonds is 4. The Balaban J connectivity index is 1.28. The lowest BCUT2D eigenvalue weighted by Crippen LogP contribution is -2.59. The van der Waals surface area contributed by atoms with Crippen molar-refractivity contribution in [1.29, 1.82) is 0 Å². The minimum atomic E-state index is -0.208. The highest BCUT2D eigenvalue weighted by molar-refractivity contribution is 7.00. The topological polar surface area (TPSA) is 22.8 Å². The van der Waals surface area contributed by atoms with E-state index >= 15 is 0 Å². The lowest BCUT2D eigenvalue weighted by molar-refractivity contribution is 0.568. The molecule has 11 aromatic rings. The number of benzene rings is 8. The van der Waals surface area contributed by atoms with Gasteiger partial charge in [0.15, 0.2) is 0 Å². The SMILES string of the molecule is CC(C)(C)c1cc(-c2cccc(-c3cc4c5c(c3)-n3c6cc(C(C)(C)C)cc(C(C)(C)C)c6c6c(-c7cc(C(C)(C)C)cc(C(C)(C)C)c7)ccc(c63)B5c3ccc(-c5cc(C(C)(C)C)cc(C(C)(C)C)c5)c5c6c(C(C)(C)C)cc(C(C)(C)C)cc6n-4c35)n2)cc(C(C)(C)C)c1. The summed E-state index contributed by atoms with van der Waals surface area (Å²) in [5.74, 6) is 0. The Bertz CT molecular complexity index is 4750. The van der Waals surface area contributed by atoms with E-state index in [4.69, 9.17) is 4.98 Å². The van der Waals surface area contributed by atoms with Gasteiger partial charge in [0, 0.05) is 44.0 Å². The van der Waals surface area contributed by atoms with E-state index in [0.29, 0.717) is 0 Å². The minimum Gasteiger partial charge on any atom is -0.310 e. The van der Waals surface area contributed by atoms with E-state index in [9.17, 15) is 0 Å². The monoisotopic (exact) mass is 1280 g/mol. The molecular weight excluding hydrogens is 1170 g/mol. The molecule has 2 aliphatic heterocycles. The Kier molecular flexibility index (Phi) is 15.1. The highest BCUT2D eigenvalue weighted by atomic mass is 15.0. The molecule has 0 spiro atoms. The maximum atomic E-state index is 5.89. The van der Waals surface area contributed by atoms with Gasteiger partial charge >= 0.3 is 0 Å². The summed E-state index contributed by atoms with van der Waals surface area (Å²) < 4.78 is 5.54. The van der Waals surface area contributed by atoms with Crippen molar-refractivity contribution in [2.24, 2.45) is 0 Å². The first-order chi connectivity index (χ1) is 44.4. The Morgan fingerprint density at radius 1 is 0.268 bits per heavy atom. The van der Waals surface area contributed by atoms with Crippen molar-refractivity contribution in [3.05, 3.63) is 189 Å². The van der Waals surface area contributed by atoms with Crippen LogP contribution in [0.25, 0.3) is 99.8 Å². The van der Waals surface area contributed by atoms with Gasteiger partial charge in [0.05, 0.1) is 33.5 Å². The minimum absolute atomic E-state index is 0.0542. The van der Waals surface area contributed by atoms with Crippen LogP contribution in [-0.2, 0) is 54.1 Å². The summed E-state index contributed by atoms with van der Waals surface area (Å²) in [6.45, 7) is 71.5. The summed E-state index contributed by atoms with van der Waals surface area (Å²) in [4.78, 5) is 5.89. The molecule has 13 rings (SSSR count). The van der Waals surface area contributed by atoms with E-state index in [1.165, 1.54) is 149 Å². The lowest BCUT2D eigenvalue weighted by Gasteiger charge is -2.35. The second-order valence-electron chi connectivity index (χ2n) is 40.0. The van der Waals surface area contributed by atoms with Gasteiger partial charge < -0.3 is 9.13 Å². The molecule has 2 aliphatic rings. The number of hydrogen-bond donors (Lipinski definition) is 0. The third-order valence-corrected chi connectivity index (χ3v) is 21.9. The van der Waals surface area contributed by atoms with Crippen LogP contribution in [0.5, 0.6) is 0 Å². The van der Waals surface area contributed by atoms with Crippen LogP contribution < -0.4 is 16.4 Å². The Morgan fingerprint density at radius 2 is 0.546 bits per heavy atom. The second-order valence-corrected chi connectivity index (χ2v) is 40.0. The van der Waals surface area contributed by atoms with Gasteiger partial charge in [0.2, 0.25) is 0 Å². The Hall–Kier alpha value is -7.43. The molecule has 0 aliphatic carbocycles. The Labute approximate surface area is 584 Å². The molecule has 0 bridgehead atoms. The van der Waals surface area contributed by atoms with E-state index in [2.05, 4.69) is 350 Å². The summed E-state index contributed by atoms with van der Waals surface area (Å²) in [7, 11) is 0. The van der Waals surface area contributed by atoms with Gasteiger partial charge in [0.25, 0.3) is 6.71 Å². The number of aromatic nitrogens is 3. The third kappa shape index (κ3) is 11.5. The summed E-state index contributed by atoms with van der Waals surface area (Å²) in [6.07, 6.45) is 0. The van der Waals surface area contributed by atoms with Gasteiger partial charge in [-0.15, -0.1) is 0 Å². The quantitative estimate of drug-likeness (QED) is 0.161. The van der Waals surface area contributed by atoms with E-state index in [0.717, 1.165) is 22.5 Å². The van der Waals surface area contributed by atoms with Gasteiger partial charge in [-0.25, -0.2) is 4.98 Å². The van der Waals surface area contributed by atoms with E-state index in [1.54, 1.807) is 0 Å². The number of nitrogens with zero attached hydrogens (tertiary/aromatic N) is 3. The molecule has 0 atom stereocenters. The molecule has 0 unspecified atom stereocenters. The molecule has 97 heavy (non-hydrogen) atoms. The molecule has 3 nitrogen and oxygen atoms in total. The highest BCUT2D eigenvalue weighted by Crippen LogP contribution is 2.52. The molecule has 8 aromatic carbocycles. The van der Waals surface area contributed by atoms with E-state index < -0.39 is 0 Å². The molecule has 0 fully saturated rings. The van der Waals surface area contributed by atoms with Gasteiger partial charge in [-0.2, -0.15) is 0 Å². The molecule has 0 amide bonds. The molecule has 0 saturated carbocycles. The zero-order valence-corrected chi connectivity index (χ0v) is 65.1. The number of hydrogen-bond acceptors (Lipinski definition) is 1. The van der Waals surface area contributed by atoms with Gasteiger partial charge in [-0.1, -0.05) is 293 Å². The van der Waals surface area contributed by atoms with Crippen LogP contribution >= 0.6 is 0 Å². The summed E-state index contributed by atoms with van der Waals surface area (Å²) in [6, 6.07) is 54.8. The second kappa shape index (κ2) is 21.5. The highest BCUT2D eigenvalue weighted by Gasteiger charge is 2.44. The standard InChI is InChI=1S/C93H112BN3/c1-84(2,3)57-38-53(39-58(46-57)85(4,5)6)65-34-36-69-82-77(65)79-67(92(25,26)27)49-63(90(19,20)21)51-73(79)96(82)75-44-56(72-33-31-32-71(95-72)55-42-61(88(13,14)15)48-62(43-55)89(16,17)18)45-76-81(75)94(69)70-37-35-66(54-40-59(86(7,8)9)47-60(41-54)87(10,11)12)78-80-68(93(28,29)30)50-64(91(22,23)24)52-74(80)97(76)83(70)78/h31-52H,1-30H3. The average Bonchev–Trinajstić information content (AvgIpc) is 1.53. The van der Waals surface area contributed by atoms with Crippen molar-refractivity contribution in [3.63, 3.8) is 0 Å². The Morgan fingerprint density at radius 3 is 0.835 bits per heavy atom. The first kappa shape index (κ1) is 68.1. The van der Waals surface area contributed by atoms with Crippen LogP contribution in [0.2, 0.25) is 0 Å². The van der Waals surface area contributed by atoms with Crippen LogP contribution in [0.3, 0.4) is 0 Å². The molecule has 0 saturated heterocycles. The normalized spacial score (nSPS) is 14.3. The van der Waals surface area contributed by atoms with Crippen LogP contribution in [0.4, 0.5) is 0 Å². The fourth-order valence-corrected chi connectivity index (χ4v) is 15.7. The molecule has 3 aromatic heterocycles. The van der Waals surface area contributed by atoms with Crippen molar-refractivity contribution in [1.82, 2.24) is 14.1 Å². The average molecular weight is 1280 g/mol. The van der Waals surface area contributed by atoms with Crippen molar-refractivity contribution in [2.75, 3.05) is 0 Å². The maximum absolute atomic E-state index is 5.89. The fraction of sp³-hybridized carbons (Fsp3) is 0.430. The van der Waals surface area contributed by atoms with Gasteiger partial charge in [-0.3, -0.25) is 0 Å². The van der Waals surface area contributed by atoms with Gasteiger partial charge in [0.1, 0.15) is 0 Å². The van der Waals surface area contributed by atoms with Crippen LogP contribution in [0, 0.1) is 0 Å². The predicted octanol–water partition coefficient (Wildman–Crippen LogP) is 24.1. The molecule has 4 heteroatoms. The molecule has 502 valence electrons. The largest absolute Gasteiger partial charge is 0.310 e. The zero-order valence-electron chi connectivity index (χ0n) is 65.1. The first-order valence-electron chi connectivity index (χ1n) is 36.4. The van der Waals surface area contributed by atoms with Crippen molar-refractivity contribution >= 4 is 66.7 Å². The molecular formula is C93H112BN3. The van der Waals surface area contributed by atoms with E-state index in [-0.39, 0.29) is 60.9 Å². The smallest absolute Gasteiger partial charge is 0.252 e. The van der Waals surface area contributed by atoms with Crippen LogP contribution in [-0.4, -0.2) is 20.8 Å². The predicted molar refractivity (Wildman–Crippen MR) is 426 cm³/mol. The van der Waals surface area contributed by atoms with E-state index in [1.807, 2.05) is 0 Å². The van der Waals surface area contributed by atoms with Crippen molar-refractivity contribution in [3.8, 4) is 56.1 Å². The fourth-order valence-electron chi connectivity index (χ4n) is 15.7. The third-order valence-electron chi connectivity index (χ3n) is 21.9. The molecule has 5 heterocycles. The van der Waals surface area contributed by atoms with Crippen molar-refractivity contribution < 1.29 is 0 Å². The molecule has 0 N–H and O–H groups in total. The van der Waals surface area contributed by atoms with Crippen LogP contribution in [0.15, 0.2) is 133 Å². The summed E-state index contributed by atoms with van der Waals surface area (Å²) >= 11 is 0.